The Balaban J connectivity index is 2.72. The minimum Gasteiger partial charge on any atom is -0.462 e. The molecule has 1 heterocycles. The van der Waals surface area contributed by atoms with Gasteiger partial charge in [0.15, 0.2) is 5.57 Å². The molecule has 108 valence electrons. The number of amides is 1. The Bertz CT molecular complexity index is 720. The normalized spacial score (nSPS) is 15.6. The zero-order chi connectivity index (χ0) is 15.7. The van der Waals surface area contributed by atoms with Crippen molar-refractivity contribution < 1.29 is 14.3 Å². The van der Waals surface area contributed by atoms with Crippen LogP contribution >= 0.6 is 23.2 Å². The van der Waals surface area contributed by atoms with Crippen LogP contribution in [0.2, 0.25) is 10.0 Å². The lowest BCUT2D eigenvalue weighted by Crippen LogP contribution is -2.20. The summed E-state index contributed by atoms with van der Waals surface area (Å²) in [6.45, 7) is 1.76. The van der Waals surface area contributed by atoms with Crippen LogP contribution < -0.4 is 0 Å². The van der Waals surface area contributed by atoms with Crippen LogP contribution in [0.5, 0.6) is 0 Å². The molecule has 0 unspecified atom stereocenters. The molecule has 1 aromatic rings. The molecule has 0 atom stereocenters. The van der Waals surface area contributed by atoms with Gasteiger partial charge in [-0.3, -0.25) is 4.79 Å². The van der Waals surface area contributed by atoms with E-state index in [4.69, 9.17) is 27.9 Å². The lowest BCUT2D eigenvalue weighted by Gasteiger charge is -2.13. The van der Waals surface area contributed by atoms with Gasteiger partial charge in [-0.1, -0.05) is 23.2 Å². The van der Waals surface area contributed by atoms with Gasteiger partial charge in [0.1, 0.15) is 6.07 Å². The molecule has 21 heavy (non-hydrogen) atoms. The number of rotatable bonds is 2. The molecule has 0 N–H and O–H groups in total. The van der Waals surface area contributed by atoms with Crippen LogP contribution in [0.4, 0.5) is 0 Å². The molecule has 0 radical (unpaired) electrons. The molecule has 1 aromatic carbocycles. The Labute approximate surface area is 131 Å². The molecule has 7 heteroatoms. The fourth-order valence-corrected chi connectivity index (χ4v) is 2.41. The summed E-state index contributed by atoms with van der Waals surface area (Å²) in [4.78, 5) is 25.3. The second kappa shape index (κ2) is 5.76. The maximum Gasteiger partial charge on any atom is 0.351 e. The van der Waals surface area contributed by atoms with Gasteiger partial charge in [0, 0.05) is 12.6 Å². The molecule has 0 saturated carbocycles. The van der Waals surface area contributed by atoms with Crippen molar-refractivity contribution in [2.24, 2.45) is 0 Å². The number of hydrogen-bond donors (Lipinski definition) is 0. The summed E-state index contributed by atoms with van der Waals surface area (Å²) in [6, 6.07) is 4.68. The van der Waals surface area contributed by atoms with E-state index < -0.39 is 5.97 Å². The predicted molar refractivity (Wildman–Crippen MR) is 77.7 cm³/mol. The van der Waals surface area contributed by atoms with Gasteiger partial charge in [-0.25, -0.2) is 4.79 Å². The maximum absolute atomic E-state index is 12.2. The first-order valence-corrected chi connectivity index (χ1v) is 6.76. The highest BCUT2D eigenvalue weighted by atomic mass is 35.5. The maximum atomic E-state index is 12.2. The van der Waals surface area contributed by atoms with E-state index in [1.54, 1.807) is 13.0 Å². The van der Waals surface area contributed by atoms with E-state index in [9.17, 15) is 14.9 Å². The SMILES string of the molecule is CCOC(=O)/C(C#N)=C1/c2cc(Cl)c(Cl)cc2C(=O)N1C. The molecule has 1 aliphatic rings. The van der Waals surface area contributed by atoms with Crippen LogP contribution in [-0.4, -0.2) is 30.4 Å². The summed E-state index contributed by atoms with van der Waals surface area (Å²) in [5.41, 5.74) is 0.611. The molecule has 0 bridgehead atoms. The van der Waals surface area contributed by atoms with E-state index in [1.165, 1.54) is 24.1 Å². The van der Waals surface area contributed by atoms with Gasteiger partial charge < -0.3 is 9.64 Å². The van der Waals surface area contributed by atoms with Crippen molar-refractivity contribution in [1.29, 1.82) is 5.26 Å². The molecule has 0 spiro atoms. The van der Waals surface area contributed by atoms with Crippen molar-refractivity contribution in [3.8, 4) is 6.07 Å². The molecule has 0 fully saturated rings. The van der Waals surface area contributed by atoms with Crippen molar-refractivity contribution in [3.05, 3.63) is 38.9 Å². The van der Waals surface area contributed by atoms with E-state index in [1.807, 2.05) is 0 Å². The molecule has 0 aliphatic carbocycles. The molecule has 1 amide bonds. The number of nitriles is 1. The Hall–Kier alpha value is -2.03. The van der Waals surface area contributed by atoms with E-state index >= 15 is 0 Å². The molecule has 0 saturated heterocycles. The molecular formula is C14H10Cl2N2O3. The first kappa shape index (κ1) is 15.4. The standard InChI is InChI=1S/C14H10Cl2N2O3/c1-3-21-14(20)9(6-17)12-7-4-10(15)11(16)5-8(7)13(19)18(12)2/h4-5H,3H2,1-2H3/b12-9-. The van der Waals surface area contributed by atoms with Crippen molar-refractivity contribution in [1.82, 2.24) is 4.90 Å². The zero-order valence-corrected chi connectivity index (χ0v) is 12.7. The van der Waals surface area contributed by atoms with Gasteiger partial charge >= 0.3 is 5.97 Å². The van der Waals surface area contributed by atoms with Crippen LogP contribution in [0.1, 0.15) is 22.8 Å². The van der Waals surface area contributed by atoms with Gasteiger partial charge in [0.05, 0.1) is 27.9 Å². The van der Waals surface area contributed by atoms with Crippen LogP contribution in [0.25, 0.3) is 5.70 Å². The first-order chi connectivity index (χ1) is 9.92. The van der Waals surface area contributed by atoms with Gasteiger partial charge in [0.25, 0.3) is 5.91 Å². The fraction of sp³-hybridized carbons (Fsp3) is 0.214. The van der Waals surface area contributed by atoms with Crippen molar-refractivity contribution >= 4 is 40.8 Å². The molecule has 5 nitrogen and oxygen atoms in total. The van der Waals surface area contributed by atoms with Gasteiger partial charge in [-0.2, -0.15) is 5.26 Å². The monoisotopic (exact) mass is 324 g/mol. The summed E-state index contributed by atoms with van der Waals surface area (Å²) >= 11 is 11.9. The Morgan fingerprint density at radius 3 is 2.43 bits per heavy atom. The number of fused-ring (bicyclic) bond motifs is 1. The minimum absolute atomic E-state index is 0.128. The van der Waals surface area contributed by atoms with E-state index in [0.29, 0.717) is 11.1 Å². The molecule has 0 aromatic heterocycles. The van der Waals surface area contributed by atoms with Gasteiger partial charge in [-0.15, -0.1) is 0 Å². The number of ether oxygens (including phenoxy) is 1. The average Bonchev–Trinajstić information content (AvgIpc) is 2.66. The summed E-state index contributed by atoms with van der Waals surface area (Å²) < 4.78 is 4.84. The summed E-state index contributed by atoms with van der Waals surface area (Å²) in [5, 5.41) is 9.69. The van der Waals surface area contributed by atoms with Crippen LogP contribution in [0.3, 0.4) is 0 Å². The van der Waals surface area contributed by atoms with Gasteiger partial charge in [0.2, 0.25) is 0 Å². The summed E-state index contributed by atoms with van der Waals surface area (Å²) in [7, 11) is 1.47. The number of benzene rings is 1. The third-order valence-electron chi connectivity index (χ3n) is 3.01. The molecule has 2 rings (SSSR count). The van der Waals surface area contributed by atoms with Crippen molar-refractivity contribution in [2.45, 2.75) is 6.92 Å². The number of hydrogen-bond acceptors (Lipinski definition) is 4. The Kier molecular flexibility index (Phi) is 4.21. The highest BCUT2D eigenvalue weighted by Gasteiger charge is 2.35. The van der Waals surface area contributed by atoms with Crippen LogP contribution in [0, 0.1) is 11.3 Å². The van der Waals surface area contributed by atoms with E-state index in [2.05, 4.69) is 0 Å². The fourth-order valence-electron chi connectivity index (χ4n) is 2.08. The van der Waals surface area contributed by atoms with E-state index in [-0.39, 0.29) is 33.8 Å². The van der Waals surface area contributed by atoms with Crippen molar-refractivity contribution in [2.75, 3.05) is 13.7 Å². The topological polar surface area (TPSA) is 70.4 Å². The number of carbonyl (C=O) groups excluding carboxylic acids is 2. The third-order valence-corrected chi connectivity index (χ3v) is 3.74. The summed E-state index contributed by atoms with van der Waals surface area (Å²) in [5.74, 6) is -1.15. The Morgan fingerprint density at radius 1 is 1.33 bits per heavy atom. The lowest BCUT2D eigenvalue weighted by atomic mass is 10.0. The largest absolute Gasteiger partial charge is 0.462 e. The lowest BCUT2D eigenvalue weighted by molar-refractivity contribution is -0.137. The quantitative estimate of drug-likeness (QED) is 0.476. The highest BCUT2D eigenvalue weighted by molar-refractivity contribution is 6.42. The number of halogens is 2. The Morgan fingerprint density at radius 2 is 1.90 bits per heavy atom. The van der Waals surface area contributed by atoms with E-state index in [0.717, 1.165) is 0 Å². The first-order valence-electron chi connectivity index (χ1n) is 6.01. The number of carbonyl (C=O) groups is 2. The zero-order valence-electron chi connectivity index (χ0n) is 11.2. The second-order valence-electron chi connectivity index (χ2n) is 4.23. The van der Waals surface area contributed by atoms with Crippen LogP contribution in [-0.2, 0) is 9.53 Å². The number of nitrogens with zero attached hydrogens (tertiary/aromatic N) is 2. The van der Waals surface area contributed by atoms with Gasteiger partial charge in [-0.05, 0) is 19.1 Å². The molecular weight excluding hydrogens is 315 g/mol. The minimum atomic E-state index is -0.784. The third kappa shape index (κ3) is 2.48. The average molecular weight is 325 g/mol. The predicted octanol–water partition coefficient (Wildman–Crippen LogP) is 2.88. The summed E-state index contributed by atoms with van der Waals surface area (Å²) in [6.07, 6.45) is 0. The van der Waals surface area contributed by atoms with Crippen molar-refractivity contribution in [3.63, 3.8) is 0 Å². The smallest absolute Gasteiger partial charge is 0.351 e. The number of esters is 1. The molecule has 1 aliphatic heterocycles. The van der Waals surface area contributed by atoms with Crippen LogP contribution in [0.15, 0.2) is 17.7 Å². The second-order valence-corrected chi connectivity index (χ2v) is 5.05. The highest BCUT2D eigenvalue weighted by Crippen LogP contribution is 2.38.